The van der Waals surface area contributed by atoms with Gasteiger partial charge in [0.05, 0.1) is 10.6 Å². The Bertz CT molecular complexity index is 1310. The number of aromatic nitrogens is 3. The number of benzene rings is 1. The molecule has 1 fully saturated rings. The fourth-order valence-corrected chi connectivity index (χ4v) is 5.01. The quantitative estimate of drug-likeness (QED) is 0.171. The molecule has 0 radical (unpaired) electrons. The van der Waals surface area contributed by atoms with Crippen molar-refractivity contribution in [1.82, 2.24) is 19.7 Å². The van der Waals surface area contributed by atoms with Crippen LogP contribution in [0, 0.1) is 0 Å². The van der Waals surface area contributed by atoms with Crippen molar-refractivity contribution in [2.45, 2.75) is 47.6 Å². The van der Waals surface area contributed by atoms with Crippen LogP contribution in [0.2, 0.25) is 0 Å². The van der Waals surface area contributed by atoms with Gasteiger partial charge in [-0.3, -0.25) is 9.11 Å². The van der Waals surface area contributed by atoms with E-state index in [1.54, 1.807) is 0 Å². The van der Waals surface area contributed by atoms with Crippen LogP contribution in [-0.2, 0) is 31.1 Å². The van der Waals surface area contributed by atoms with E-state index in [4.69, 9.17) is 5.73 Å². The first-order valence-electron chi connectivity index (χ1n) is 9.36. The SMILES string of the molecule is Nc1nc(Nc2cc(S(=O)(=O)O)ccc2S(=O)(=O)O)nc(NC2CCC(N[SH](=O)=O)CC2)n1. The molecular weight excluding hydrogens is 502 g/mol. The third-order valence-corrected chi connectivity index (χ3v) is 7.11. The van der Waals surface area contributed by atoms with E-state index in [0.717, 1.165) is 18.2 Å². The van der Waals surface area contributed by atoms with Crippen LogP contribution in [0.5, 0.6) is 0 Å². The van der Waals surface area contributed by atoms with Gasteiger partial charge < -0.3 is 16.4 Å². The van der Waals surface area contributed by atoms with E-state index in [9.17, 15) is 34.4 Å². The molecule has 0 spiro atoms. The van der Waals surface area contributed by atoms with E-state index < -0.39 is 46.6 Å². The highest BCUT2D eigenvalue weighted by atomic mass is 32.2. The first-order valence-corrected chi connectivity index (χ1v) is 13.4. The standard InChI is InChI=1S/C15H21N7O8S3/c16-13-19-14(17-8-1-3-9(4-2-8)22-31(23)24)21-15(20-13)18-11-7-10(32(25,26)27)5-6-12(11)33(28,29)30/h5-9,31H,1-4H2,(H,22,23,24)(H,25,26,27)(H,28,29,30)(H4,16,17,18,19,20,21). The second kappa shape index (κ2) is 9.69. The lowest BCUT2D eigenvalue weighted by Crippen LogP contribution is -2.36. The van der Waals surface area contributed by atoms with Gasteiger partial charge in [0.1, 0.15) is 4.90 Å². The maximum atomic E-state index is 11.7. The summed E-state index contributed by atoms with van der Waals surface area (Å²) in [5, 5.41) is 5.50. The number of anilines is 4. The van der Waals surface area contributed by atoms with Gasteiger partial charge in [0, 0.05) is 12.1 Å². The second-order valence-electron chi connectivity index (χ2n) is 7.15. The molecule has 15 nitrogen and oxygen atoms in total. The summed E-state index contributed by atoms with van der Waals surface area (Å²) in [6.07, 6.45) is 2.40. The molecule has 7 N–H and O–H groups in total. The second-order valence-corrected chi connectivity index (χ2v) is 10.7. The Balaban J connectivity index is 1.83. The minimum atomic E-state index is -4.78. The average Bonchev–Trinajstić information content (AvgIpc) is 2.67. The third-order valence-electron chi connectivity index (χ3n) is 4.77. The number of nitrogens with two attached hydrogens (primary N) is 1. The van der Waals surface area contributed by atoms with Gasteiger partial charge in [0.25, 0.3) is 20.2 Å². The molecule has 1 aliphatic rings. The van der Waals surface area contributed by atoms with E-state index in [1.165, 1.54) is 0 Å². The normalized spacial score (nSPS) is 19.4. The predicted octanol–water partition coefficient (Wildman–Crippen LogP) is -0.470. The molecule has 1 aromatic carbocycles. The zero-order chi connectivity index (χ0) is 24.4. The molecule has 0 saturated heterocycles. The zero-order valence-electron chi connectivity index (χ0n) is 16.7. The number of hydrogen-bond donors (Lipinski definition) is 7. The number of thiol groups is 1. The fraction of sp³-hybridized carbons (Fsp3) is 0.400. The van der Waals surface area contributed by atoms with Crippen molar-refractivity contribution in [2.75, 3.05) is 16.4 Å². The molecule has 182 valence electrons. The van der Waals surface area contributed by atoms with Crippen molar-refractivity contribution in [2.24, 2.45) is 0 Å². The van der Waals surface area contributed by atoms with Crippen LogP contribution >= 0.6 is 0 Å². The Kier molecular flexibility index (Phi) is 7.34. The Labute approximate surface area is 190 Å². The lowest BCUT2D eigenvalue weighted by molar-refractivity contribution is 0.389. The van der Waals surface area contributed by atoms with Crippen LogP contribution in [0.15, 0.2) is 28.0 Å². The smallest absolute Gasteiger partial charge is 0.296 e. The minimum Gasteiger partial charge on any atom is -0.368 e. The van der Waals surface area contributed by atoms with Crippen LogP contribution < -0.4 is 21.1 Å². The lowest BCUT2D eigenvalue weighted by atomic mass is 9.92. The van der Waals surface area contributed by atoms with Gasteiger partial charge in [0.2, 0.25) is 28.7 Å². The molecule has 0 atom stereocenters. The van der Waals surface area contributed by atoms with E-state index in [1.807, 2.05) is 0 Å². The molecule has 1 heterocycles. The van der Waals surface area contributed by atoms with Crippen LogP contribution in [0.3, 0.4) is 0 Å². The van der Waals surface area contributed by atoms with Crippen LogP contribution in [0.4, 0.5) is 23.5 Å². The molecule has 0 aliphatic heterocycles. The van der Waals surface area contributed by atoms with Gasteiger partial charge in [-0.15, -0.1) is 0 Å². The summed E-state index contributed by atoms with van der Waals surface area (Å²) in [5.74, 6) is -0.468. The van der Waals surface area contributed by atoms with Gasteiger partial charge in [-0.1, -0.05) is 0 Å². The van der Waals surface area contributed by atoms with Crippen LogP contribution in [-0.4, -0.2) is 61.4 Å². The molecule has 1 aromatic heterocycles. The fourth-order valence-electron chi connectivity index (χ4n) is 3.32. The van der Waals surface area contributed by atoms with Crippen molar-refractivity contribution >= 4 is 54.7 Å². The average molecular weight is 524 g/mol. The molecule has 33 heavy (non-hydrogen) atoms. The monoisotopic (exact) mass is 523 g/mol. The van der Waals surface area contributed by atoms with Crippen LogP contribution in [0.1, 0.15) is 25.7 Å². The topological polar surface area (TPSA) is 244 Å². The van der Waals surface area contributed by atoms with Crippen molar-refractivity contribution in [3.8, 4) is 0 Å². The molecule has 18 heteroatoms. The van der Waals surface area contributed by atoms with Gasteiger partial charge in [-0.05, 0) is 43.9 Å². The van der Waals surface area contributed by atoms with Crippen molar-refractivity contribution in [1.29, 1.82) is 0 Å². The summed E-state index contributed by atoms with van der Waals surface area (Å²) >= 11 is 0. The highest BCUT2D eigenvalue weighted by molar-refractivity contribution is 7.86. The maximum absolute atomic E-state index is 11.7. The van der Waals surface area contributed by atoms with E-state index in [-0.39, 0.29) is 29.9 Å². The largest absolute Gasteiger partial charge is 0.368 e. The van der Waals surface area contributed by atoms with Crippen molar-refractivity contribution in [3.63, 3.8) is 0 Å². The highest BCUT2D eigenvalue weighted by Gasteiger charge is 2.23. The Morgan fingerprint density at radius 1 is 0.909 bits per heavy atom. The molecule has 3 rings (SSSR count). The first kappa shape index (κ1) is 25.0. The van der Waals surface area contributed by atoms with Gasteiger partial charge in [0.15, 0.2) is 0 Å². The van der Waals surface area contributed by atoms with E-state index in [2.05, 4.69) is 30.3 Å². The zero-order valence-corrected chi connectivity index (χ0v) is 19.3. The number of hydrogen-bond acceptors (Lipinski definition) is 12. The van der Waals surface area contributed by atoms with Gasteiger partial charge in [-0.2, -0.15) is 31.8 Å². The summed E-state index contributed by atoms with van der Waals surface area (Å²) in [6.45, 7) is 0. The molecule has 1 aliphatic carbocycles. The van der Waals surface area contributed by atoms with Gasteiger partial charge in [-0.25, -0.2) is 13.1 Å². The Hall–Kier alpha value is -2.64. The predicted molar refractivity (Wildman–Crippen MR) is 117 cm³/mol. The van der Waals surface area contributed by atoms with Crippen molar-refractivity contribution in [3.05, 3.63) is 18.2 Å². The Morgan fingerprint density at radius 2 is 1.52 bits per heavy atom. The third kappa shape index (κ3) is 6.92. The van der Waals surface area contributed by atoms with Gasteiger partial charge >= 0.3 is 0 Å². The summed E-state index contributed by atoms with van der Waals surface area (Å²) in [5.41, 5.74) is 5.27. The first-order chi connectivity index (χ1) is 15.3. The summed E-state index contributed by atoms with van der Waals surface area (Å²) in [6, 6.07) is 2.11. The molecule has 0 amide bonds. The van der Waals surface area contributed by atoms with E-state index >= 15 is 0 Å². The number of rotatable bonds is 8. The number of nitrogen functional groups attached to an aromatic ring is 1. The summed E-state index contributed by atoms with van der Waals surface area (Å²) < 4.78 is 88.9. The van der Waals surface area contributed by atoms with Crippen LogP contribution in [0.25, 0.3) is 0 Å². The minimum absolute atomic E-state index is 0.0376. The van der Waals surface area contributed by atoms with Crippen molar-refractivity contribution < 1.29 is 34.4 Å². The molecule has 2 aromatic rings. The summed E-state index contributed by atoms with van der Waals surface area (Å²) in [4.78, 5) is 10.5. The lowest BCUT2D eigenvalue weighted by Gasteiger charge is -2.28. The molecule has 1 saturated carbocycles. The molecule has 0 unspecified atom stereocenters. The molecule has 0 bridgehead atoms. The molecular formula is C15H21N7O8S3. The Morgan fingerprint density at radius 3 is 2.09 bits per heavy atom. The summed E-state index contributed by atoms with van der Waals surface area (Å²) in [7, 11) is -12.1. The number of nitrogens with one attached hydrogen (secondary N) is 3. The highest BCUT2D eigenvalue weighted by Crippen LogP contribution is 2.28. The van der Waals surface area contributed by atoms with E-state index in [0.29, 0.717) is 25.7 Å². The number of nitrogens with zero attached hydrogens (tertiary/aromatic N) is 3. The maximum Gasteiger partial charge on any atom is 0.296 e.